The van der Waals surface area contributed by atoms with Crippen LogP contribution in [-0.2, 0) is 16.0 Å². The molecule has 3 heterocycles. The highest BCUT2D eigenvalue weighted by Crippen LogP contribution is 2.45. The van der Waals surface area contributed by atoms with Crippen LogP contribution in [-0.4, -0.2) is 59.4 Å². The summed E-state index contributed by atoms with van der Waals surface area (Å²) in [6.45, 7) is 0.152. The van der Waals surface area contributed by atoms with Gasteiger partial charge in [0.1, 0.15) is 12.6 Å². The molecule has 0 unspecified atom stereocenters. The summed E-state index contributed by atoms with van der Waals surface area (Å²) < 4.78 is 11.0. The van der Waals surface area contributed by atoms with E-state index in [4.69, 9.17) is 9.47 Å². The molecule has 2 atom stereocenters. The zero-order valence-corrected chi connectivity index (χ0v) is 18.1. The van der Waals surface area contributed by atoms with Crippen LogP contribution in [0.5, 0.6) is 11.5 Å². The second kappa shape index (κ2) is 7.02. The van der Waals surface area contributed by atoms with Crippen LogP contribution in [0.4, 0.5) is 0 Å². The monoisotopic (exact) mass is 431 g/mol. The number of H-pyrrole nitrogens is 1. The van der Waals surface area contributed by atoms with Crippen molar-refractivity contribution in [2.24, 2.45) is 0 Å². The lowest BCUT2D eigenvalue weighted by molar-refractivity contribution is -0.159. The van der Waals surface area contributed by atoms with Gasteiger partial charge in [0, 0.05) is 29.1 Å². The van der Waals surface area contributed by atoms with Gasteiger partial charge in [-0.15, -0.1) is 0 Å². The number of carbonyl (C=O) groups excluding carboxylic acids is 2. The second-order valence-corrected chi connectivity index (χ2v) is 8.80. The number of benzene rings is 2. The number of nitrogens with zero attached hydrogens (tertiary/aromatic N) is 2. The quantitative estimate of drug-likeness (QED) is 0.689. The zero-order chi connectivity index (χ0) is 22.0. The molecule has 0 bridgehead atoms. The SMILES string of the molecule is COc1ccc([C@@H]2c3[nH]c4ccccc4c3C[C@H]3C(=O)N(C4CC4)CC(=O)N23)cc1OC. The van der Waals surface area contributed by atoms with E-state index in [2.05, 4.69) is 11.1 Å². The van der Waals surface area contributed by atoms with Crippen molar-refractivity contribution >= 4 is 22.7 Å². The first-order valence-corrected chi connectivity index (χ1v) is 11.0. The van der Waals surface area contributed by atoms with Gasteiger partial charge in [-0.05, 0) is 42.2 Å². The maximum atomic E-state index is 13.5. The number of nitrogens with one attached hydrogen (secondary N) is 1. The van der Waals surface area contributed by atoms with Gasteiger partial charge < -0.3 is 24.3 Å². The van der Waals surface area contributed by atoms with Gasteiger partial charge in [-0.25, -0.2) is 0 Å². The topological polar surface area (TPSA) is 74.9 Å². The molecule has 2 amide bonds. The van der Waals surface area contributed by atoms with Crippen molar-refractivity contribution in [1.29, 1.82) is 0 Å². The molecule has 1 aliphatic carbocycles. The van der Waals surface area contributed by atoms with Crippen LogP contribution in [0.25, 0.3) is 10.9 Å². The number of aromatic nitrogens is 1. The Morgan fingerprint density at radius 1 is 1.00 bits per heavy atom. The standard InChI is InChI=1S/C25H25N3O4/c1-31-20-10-7-14(11-21(20)32-2)24-23-17(16-5-3-4-6-18(16)26-23)12-19-25(30)27(15-8-9-15)13-22(29)28(19)24/h3-7,10-11,15,19,24,26H,8-9,12-13H2,1-2H3/t19-,24+/m0/s1. The third-order valence-corrected chi connectivity index (χ3v) is 7.00. The van der Waals surface area contributed by atoms with Gasteiger partial charge in [0.05, 0.1) is 20.3 Å². The predicted molar refractivity (Wildman–Crippen MR) is 119 cm³/mol. The molecular weight excluding hydrogens is 406 g/mol. The fourth-order valence-corrected chi connectivity index (χ4v) is 5.35. The smallest absolute Gasteiger partial charge is 0.246 e. The molecule has 2 aliphatic heterocycles. The first kappa shape index (κ1) is 19.2. The Morgan fingerprint density at radius 3 is 2.53 bits per heavy atom. The maximum absolute atomic E-state index is 13.5. The molecule has 7 heteroatoms. The summed E-state index contributed by atoms with van der Waals surface area (Å²) in [6, 6.07) is 13.2. The molecule has 32 heavy (non-hydrogen) atoms. The molecule has 1 aromatic heterocycles. The number of ether oxygens (including phenoxy) is 2. The van der Waals surface area contributed by atoms with E-state index in [9.17, 15) is 9.59 Å². The van der Waals surface area contributed by atoms with E-state index in [-0.39, 0.29) is 24.4 Å². The Labute approximate surface area is 185 Å². The van der Waals surface area contributed by atoms with E-state index in [0.29, 0.717) is 17.9 Å². The van der Waals surface area contributed by atoms with E-state index in [1.54, 1.807) is 24.0 Å². The Bertz CT molecular complexity index is 1250. The van der Waals surface area contributed by atoms with Gasteiger partial charge >= 0.3 is 0 Å². The fraction of sp³-hybridized carbons (Fsp3) is 0.360. The molecule has 3 aliphatic rings. The molecule has 6 rings (SSSR count). The largest absolute Gasteiger partial charge is 0.493 e. The van der Waals surface area contributed by atoms with E-state index in [0.717, 1.165) is 40.6 Å². The number of piperazine rings is 1. The van der Waals surface area contributed by atoms with E-state index < -0.39 is 12.1 Å². The lowest BCUT2D eigenvalue weighted by Crippen LogP contribution is -2.63. The van der Waals surface area contributed by atoms with Crippen LogP contribution in [0.3, 0.4) is 0 Å². The first-order valence-electron chi connectivity index (χ1n) is 11.0. The number of methoxy groups -OCH3 is 2. The third kappa shape index (κ3) is 2.73. The van der Waals surface area contributed by atoms with Crippen LogP contribution in [0, 0.1) is 0 Å². The minimum absolute atomic E-state index is 0.00871. The van der Waals surface area contributed by atoms with Crippen LogP contribution < -0.4 is 9.47 Å². The summed E-state index contributed by atoms with van der Waals surface area (Å²) in [7, 11) is 3.20. The number of hydrogen-bond acceptors (Lipinski definition) is 4. The predicted octanol–water partition coefficient (Wildman–Crippen LogP) is 3.03. The molecule has 164 valence electrons. The fourth-order valence-electron chi connectivity index (χ4n) is 5.35. The molecule has 3 aromatic rings. The number of rotatable bonds is 4. The summed E-state index contributed by atoms with van der Waals surface area (Å²) in [5.74, 6) is 1.28. The minimum atomic E-state index is -0.498. The van der Waals surface area contributed by atoms with Gasteiger partial charge in [0.2, 0.25) is 11.8 Å². The molecule has 0 spiro atoms. The minimum Gasteiger partial charge on any atom is -0.493 e. The van der Waals surface area contributed by atoms with Crippen molar-refractivity contribution in [2.45, 2.75) is 37.4 Å². The van der Waals surface area contributed by atoms with E-state index in [1.807, 2.05) is 36.4 Å². The summed E-state index contributed by atoms with van der Waals surface area (Å²) in [4.78, 5) is 34.1. The van der Waals surface area contributed by atoms with E-state index >= 15 is 0 Å². The Morgan fingerprint density at radius 2 is 1.78 bits per heavy atom. The molecule has 0 radical (unpaired) electrons. The number of amides is 2. The van der Waals surface area contributed by atoms with Gasteiger partial charge in [-0.3, -0.25) is 9.59 Å². The van der Waals surface area contributed by atoms with Crippen LogP contribution in [0.15, 0.2) is 42.5 Å². The lowest BCUT2D eigenvalue weighted by Gasteiger charge is -2.47. The Balaban J connectivity index is 1.55. The van der Waals surface area contributed by atoms with Gasteiger partial charge in [-0.2, -0.15) is 0 Å². The summed E-state index contributed by atoms with van der Waals surface area (Å²) >= 11 is 0. The number of carbonyl (C=O) groups is 2. The number of aromatic amines is 1. The molecule has 7 nitrogen and oxygen atoms in total. The molecular formula is C25H25N3O4. The highest BCUT2D eigenvalue weighted by molar-refractivity contribution is 5.98. The Hall–Kier alpha value is -3.48. The van der Waals surface area contributed by atoms with Crippen LogP contribution >= 0.6 is 0 Å². The molecule has 1 saturated carbocycles. The number of hydrogen-bond donors (Lipinski definition) is 1. The number of para-hydroxylation sites is 1. The average Bonchev–Trinajstić information content (AvgIpc) is 3.60. The first-order chi connectivity index (χ1) is 15.6. The van der Waals surface area contributed by atoms with Crippen LogP contribution in [0.1, 0.15) is 35.7 Å². The van der Waals surface area contributed by atoms with Gasteiger partial charge in [0.25, 0.3) is 0 Å². The van der Waals surface area contributed by atoms with Crippen molar-refractivity contribution in [3.8, 4) is 11.5 Å². The highest BCUT2D eigenvalue weighted by Gasteiger charge is 2.50. The van der Waals surface area contributed by atoms with Crippen molar-refractivity contribution in [1.82, 2.24) is 14.8 Å². The van der Waals surface area contributed by atoms with Crippen molar-refractivity contribution in [3.05, 3.63) is 59.3 Å². The molecule has 1 saturated heterocycles. The zero-order valence-electron chi connectivity index (χ0n) is 18.1. The number of fused-ring (bicyclic) bond motifs is 4. The van der Waals surface area contributed by atoms with Gasteiger partial charge in [0.15, 0.2) is 11.5 Å². The average molecular weight is 431 g/mol. The summed E-state index contributed by atoms with van der Waals surface area (Å²) in [5, 5.41) is 1.11. The van der Waals surface area contributed by atoms with Crippen molar-refractivity contribution in [3.63, 3.8) is 0 Å². The third-order valence-electron chi connectivity index (χ3n) is 7.00. The summed E-state index contributed by atoms with van der Waals surface area (Å²) in [5.41, 5.74) is 3.99. The van der Waals surface area contributed by atoms with Crippen LogP contribution in [0.2, 0.25) is 0 Å². The molecule has 2 fully saturated rings. The van der Waals surface area contributed by atoms with Crippen molar-refractivity contribution in [2.75, 3.05) is 20.8 Å². The lowest BCUT2D eigenvalue weighted by atomic mass is 9.86. The Kier molecular flexibility index (Phi) is 4.22. The van der Waals surface area contributed by atoms with Crippen molar-refractivity contribution < 1.29 is 19.1 Å². The van der Waals surface area contributed by atoms with E-state index in [1.165, 1.54) is 0 Å². The van der Waals surface area contributed by atoms with Gasteiger partial charge in [-0.1, -0.05) is 24.3 Å². The maximum Gasteiger partial charge on any atom is 0.246 e. The second-order valence-electron chi connectivity index (χ2n) is 8.80. The highest BCUT2D eigenvalue weighted by atomic mass is 16.5. The normalized spacial score (nSPS) is 22.7. The molecule has 1 N–H and O–H groups in total. The molecule has 2 aromatic carbocycles. The summed E-state index contributed by atoms with van der Waals surface area (Å²) in [6.07, 6.45) is 2.50.